The van der Waals surface area contributed by atoms with Crippen LogP contribution in [0.25, 0.3) is 0 Å². The highest BCUT2D eigenvalue weighted by Crippen LogP contribution is 2.39. The Bertz CT molecular complexity index is 893. The molecule has 1 aromatic heterocycles. The summed E-state index contributed by atoms with van der Waals surface area (Å²) in [6, 6.07) is 6.93. The van der Waals surface area contributed by atoms with Crippen molar-refractivity contribution in [3.8, 4) is 0 Å². The number of rotatable bonds is 3. The number of nitrogens with one attached hydrogen (secondary N) is 3. The van der Waals surface area contributed by atoms with E-state index in [-0.39, 0.29) is 11.6 Å². The summed E-state index contributed by atoms with van der Waals surface area (Å²) in [7, 11) is 0. The molecule has 2 aliphatic rings. The third-order valence-electron chi connectivity index (χ3n) is 5.18. The third kappa shape index (κ3) is 2.85. The minimum atomic E-state index is -0.455. The van der Waals surface area contributed by atoms with E-state index in [9.17, 15) is 14.9 Å². The number of nitrogens with zero attached hydrogens (tertiary/aromatic N) is 1. The number of benzene rings is 1. The van der Waals surface area contributed by atoms with Crippen molar-refractivity contribution in [3.63, 3.8) is 0 Å². The highest BCUT2D eigenvalue weighted by Gasteiger charge is 2.35. The predicted octanol–water partition coefficient (Wildman–Crippen LogP) is 1.86. The van der Waals surface area contributed by atoms with Crippen LogP contribution in [0.5, 0.6) is 0 Å². The zero-order chi connectivity index (χ0) is 18.4. The molecule has 0 fully saturated rings. The second-order valence-corrected chi connectivity index (χ2v) is 8.21. The van der Waals surface area contributed by atoms with E-state index in [0.717, 1.165) is 35.6 Å². The number of anilines is 1. The average molecular weight is 373 g/mol. The lowest BCUT2D eigenvalue weighted by Gasteiger charge is -2.28. The van der Waals surface area contributed by atoms with Crippen molar-refractivity contribution in [1.29, 1.82) is 0 Å². The van der Waals surface area contributed by atoms with Gasteiger partial charge in [-0.1, -0.05) is 12.1 Å². The van der Waals surface area contributed by atoms with Crippen molar-refractivity contribution in [2.45, 2.75) is 39.0 Å². The Morgan fingerprint density at radius 2 is 2.15 bits per heavy atom. The van der Waals surface area contributed by atoms with Gasteiger partial charge in [0.05, 0.1) is 28.0 Å². The molecule has 0 aliphatic carbocycles. The fourth-order valence-electron chi connectivity index (χ4n) is 3.69. The first-order valence-corrected chi connectivity index (χ1v) is 9.56. The van der Waals surface area contributed by atoms with Crippen molar-refractivity contribution >= 4 is 27.9 Å². The van der Waals surface area contributed by atoms with Crippen molar-refractivity contribution in [2.24, 2.45) is 0 Å². The average Bonchev–Trinajstić information content (AvgIpc) is 2.99. The predicted molar refractivity (Wildman–Crippen MR) is 99.6 cm³/mol. The number of quaternary nitrogens is 1. The van der Waals surface area contributed by atoms with Gasteiger partial charge in [0.25, 0.3) is 11.6 Å². The first-order valence-electron chi connectivity index (χ1n) is 8.75. The molecule has 0 spiro atoms. The van der Waals surface area contributed by atoms with Gasteiger partial charge in [-0.15, -0.1) is 11.3 Å². The Kier molecular flexibility index (Phi) is 4.16. The van der Waals surface area contributed by atoms with Crippen LogP contribution in [0.4, 0.5) is 10.7 Å². The molecule has 0 saturated carbocycles. The summed E-state index contributed by atoms with van der Waals surface area (Å²) < 4.78 is 0. The van der Waals surface area contributed by atoms with Crippen molar-refractivity contribution < 1.29 is 14.6 Å². The molecule has 3 N–H and O–H groups in total. The van der Waals surface area contributed by atoms with E-state index in [1.54, 1.807) is 23.5 Å². The summed E-state index contributed by atoms with van der Waals surface area (Å²) in [5.41, 5.74) is 2.62. The molecule has 1 amide bonds. The van der Waals surface area contributed by atoms with Crippen LogP contribution in [0.1, 0.15) is 46.4 Å². The van der Waals surface area contributed by atoms with Crippen LogP contribution in [0.15, 0.2) is 24.3 Å². The van der Waals surface area contributed by atoms with Gasteiger partial charge in [-0.2, -0.15) is 0 Å². The van der Waals surface area contributed by atoms with E-state index < -0.39 is 11.1 Å². The number of non-ortho nitro benzene ring substituents is 1. The smallest absolute Gasteiger partial charge is 0.269 e. The molecule has 26 heavy (non-hydrogen) atoms. The van der Waals surface area contributed by atoms with Gasteiger partial charge in [-0.25, -0.2) is 0 Å². The van der Waals surface area contributed by atoms with E-state index in [0.29, 0.717) is 11.6 Å². The van der Waals surface area contributed by atoms with Gasteiger partial charge in [0.1, 0.15) is 17.7 Å². The number of hydrogen-bond donors (Lipinski definition) is 3. The van der Waals surface area contributed by atoms with Crippen LogP contribution >= 0.6 is 11.3 Å². The number of nitro benzene ring substituents is 1. The number of carbonyl (C=O) groups excluding carboxylic acids is 1. The second kappa shape index (κ2) is 6.37. The van der Waals surface area contributed by atoms with E-state index >= 15 is 0 Å². The van der Waals surface area contributed by atoms with Crippen LogP contribution in [0.2, 0.25) is 0 Å². The first-order chi connectivity index (χ1) is 12.4. The monoisotopic (exact) mass is 373 g/mol. The van der Waals surface area contributed by atoms with Gasteiger partial charge in [0.2, 0.25) is 0 Å². The molecule has 3 heterocycles. The zero-order valence-corrected chi connectivity index (χ0v) is 15.5. The highest BCUT2D eigenvalue weighted by molar-refractivity contribution is 7.16. The molecule has 2 aliphatic heterocycles. The lowest BCUT2D eigenvalue weighted by molar-refractivity contribution is -0.936. The lowest BCUT2D eigenvalue weighted by atomic mass is 9.99. The second-order valence-electron chi connectivity index (χ2n) is 7.10. The summed E-state index contributed by atoms with van der Waals surface area (Å²) in [6.07, 6.45) is 0.453. The molecule has 0 bridgehead atoms. The molecule has 4 rings (SSSR count). The Labute approximate surface area is 155 Å². The summed E-state index contributed by atoms with van der Waals surface area (Å²) >= 11 is 1.64. The van der Waals surface area contributed by atoms with Crippen LogP contribution in [0.3, 0.4) is 0 Å². The van der Waals surface area contributed by atoms with E-state index in [1.165, 1.54) is 21.9 Å². The Hall–Kier alpha value is -2.45. The van der Waals surface area contributed by atoms with E-state index in [1.807, 2.05) is 0 Å². The normalized spacial score (nSPS) is 21.6. The minimum Gasteiger partial charge on any atom is -0.353 e. The number of thiophene rings is 1. The number of fused-ring (bicyclic) bond motifs is 3. The summed E-state index contributed by atoms with van der Waals surface area (Å²) in [5, 5.41) is 18.2. The van der Waals surface area contributed by atoms with Gasteiger partial charge in [-0.05, 0) is 19.4 Å². The molecule has 2 atom stereocenters. The van der Waals surface area contributed by atoms with Crippen LogP contribution in [0, 0.1) is 10.1 Å². The molecule has 0 saturated heterocycles. The van der Waals surface area contributed by atoms with Gasteiger partial charge >= 0.3 is 0 Å². The molecular formula is C18H21N4O3S+. The van der Waals surface area contributed by atoms with Gasteiger partial charge in [0.15, 0.2) is 0 Å². The largest absolute Gasteiger partial charge is 0.353 e. The maximum atomic E-state index is 12.8. The number of hydrogen-bond acceptors (Lipinski definition) is 5. The molecular weight excluding hydrogens is 352 g/mol. The van der Waals surface area contributed by atoms with E-state index in [4.69, 9.17) is 0 Å². The van der Waals surface area contributed by atoms with Gasteiger partial charge in [0, 0.05) is 24.1 Å². The standard InChI is InChI=1S/C18H20N4O3S/c1-10(2)21-7-6-13-14(9-21)26-18-15(13)17(23)19-16(20-18)11-4-3-5-12(8-11)22(24)25/h3-5,8,10,16,20H,6-7,9H2,1-2H3,(H,19,23)/p+1/t16-/m0/s1. The zero-order valence-electron chi connectivity index (χ0n) is 14.7. The third-order valence-corrected chi connectivity index (χ3v) is 6.35. The maximum Gasteiger partial charge on any atom is 0.269 e. The molecule has 8 heteroatoms. The summed E-state index contributed by atoms with van der Waals surface area (Å²) in [5.74, 6) is -0.0965. The Morgan fingerprint density at radius 3 is 2.88 bits per heavy atom. The summed E-state index contributed by atoms with van der Waals surface area (Å²) in [4.78, 5) is 26.1. The summed E-state index contributed by atoms with van der Waals surface area (Å²) in [6.45, 7) is 6.42. The molecule has 1 unspecified atom stereocenters. The van der Waals surface area contributed by atoms with Crippen molar-refractivity contribution in [3.05, 3.63) is 55.9 Å². The van der Waals surface area contributed by atoms with Crippen LogP contribution in [-0.2, 0) is 13.0 Å². The van der Waals surface area contributed by atoms with Crippen molar-refractivity contribution in [1.82, 2.24) is 5.32 Å². The molecule has 1 aromatic carbocycles. The fraction of sp³-hybridized carbons (Fsp3) is 0.389. The molecule has 2 aromatic rings. The van der Waals surface area contributed by atoms with Crippen molar-refractivity contribution in [2.75, 3.05) is 11.9 Å². The maximum absolute atomic E-state index is 12.8. The number of carbonyl (C=O) groups is 1. The molecule has 136 valence electrons. The fourth-order valence-corrected chi connectivity index (χ4v) is 5.02. The number of nitro groups is 1. The Balaban J connectivity index is 1.65. The highest BCUT2D eigenvalue weighted by atomic mass is 32.1. The SMILES string of the molecule is CC(C)[NH+]1CCc2c(sc3c2C(=O)N[C@H](c2cccc([N+](=O)[O-])c2)N3)C1. The van der Waals surface area contributed by atoms with Gasteiger partial charge in [-0.3, -0.25) is 14.9 Å². The lowest BCUT2D eigenvalue weighted by Crippen LogP contribution is -3.14. The molecule has 0 radical (unpaired) electrons. The number of amides is 1. The first kappa shape index (κ1) is 17.0. The topological polar surface area (TPSA) is 88.7 Å². The van der Waals surface area contributed by atoms with Gasteiger partial charge < -0.3 is 15.5 Å². The minimum absolute atomic E-state index is 0.0194. The van der Waals surface area contributed by atoms with Crippen LogP contribution in [-0.4, -0.2) is 23.4 Å². The quantitative estimate of drug-likeness (QED) is 0.566. The van der Waals surface area contributed by atoms with E-state index in [2.05, 4.69) is 24.5 Å². The Morgan fingerprint density at radius 1 is 1.35 bits per heavy atom. The molecule has 7 nitrogen and oxygen atoms in total. The van der Waals surface area contributed by atoms with Crippen LogP contribution < -0.4 is 15.5 Å².